The number of hydrogen-bond acceptors (Lipinski definition) is 4. The minimum Gasteiger partial charge on any atom is -0.481 e. The average molecular weight is 266 g/mol. The van der Waals surface area contributed by atoms with Gasteiger partial charge in [0.2, 0.25) is 5.88 Å². The number of methoxy groups -OCH3 is 1. The summed E-state index contributed by atoms with van der Waals surface area (Å²) in [5, 5.41) is 8.72. The van der Waals surface area contributed by atoms with Gasteiger partial charge in [-0.2, -0.15) is 0 Å². The van der Waals surface area contributed by atoms with Gasteiger partial charge in [-0.3, -0.25) is 9.59 Å². The van der Waals surface area contributed by atoms with Crippen molar-refractivity contribution in [3.05, 3.63) is 23.9 Å². The molecule has 19 heavy (non-hydrogen) atoms. The molecule has 1 N–H and O–H groups in total. The first-order valence-corrected chi connectivity index (χ1v) is 5.99. The SMILES string of the molecule is COc1ncccc1C(=O)N(CCC(=O)O)C(C)C. The van der Waals surface area contributed by atoms with Crippen molar-refractivity contribution in [1.82, 2.24) is 9.88 Å². The zero-order valence-corrected chi connectivity index (χ0v) is 11.3. The number of carbonyl (C=O) groups excluding carboxylic acids is 1. The molecular weight excluding hydrogens is 248 g/mol. The molecule has 6 nitrogen and oxygen atoms in total. The number of pyridine rings is 1. The smallest absolute Gasteiger partial charge is 0.305 e. The summed E-state index contributed by atoms with van der Waals surface area (Å²) in [7, 11) is 1.44. The van der Waals surface area contributed by atoms with E-state index in [-0.39, 0.29) is 30.8 Å². The molecule has 0 aliphatic rings. The van der Waals surface area contributed by atoms with Crippen LogP contribution < -0.4 is 4.74 Å². The molecule has 0 aromatic carbocycles. The fourth-order valence-electron chi connectivity index (χ4n) is 1.68. The third kappa shape index (κ3) is 3.94. The summed E-state index contributed by atoms with van der Waals surface area (Å²) in [6.07, 6.45) is 1.44. The predicted molar refractivity (Wildman–Crippen MR) is 69.2 cm³/mol. The third-order valence-corrected chi connectivity index (χ3v) is 2.65. The molecule has 1 aromatic rings. The number of aliphatic carboxylic acids is 1. The molecule has 0 bridgehead atoms. The van der Waals surface area contributed by atoms with E-state index in [4.69, 9.17) is 9.84 Å². The lowest BCUT2D eigenvalue weighted by molar-refractivity contribution is -0.137. The van der Waals surface area contributed by atoms with Crippen molar-refractivity contribution in [1.29, 1.82) is 0 Å². The van der Waals surface area contributed by atoms with Gasteiger partial charge in [0.25, 0.3) is 5.91 Å². The molecule has 0 atom stereocenters. The highest BCUT2D eigenvalue weighted by Crippen LogP contribution is 2.17. The molecule has 0 unspecified atom stereocenters. The van der Waals surface area contributed by atoms with Crippen LogP contribution in [-0.2, 0) is 4.79 Å². The molecule has 0 saturated heterocycles. The molecule has 1 heterocycles. The molecule has 1 aromatic heterocycles. The van der Waals surface area contributed by atoms with E-state index in [1.807, 2.05) is 13.8 Å². The van der Waals surface area contributed by atoms with Crippen LogP contribution in [0.1, 0.15) is 30.6 Å². The molecule has 104 valence electrons. The molecule has 0 aliphatic carbocycles. The van der Waals surface area contributed by atoms with Gasteiger partial charge in [-0.25, -0.2) is 4.98 Å². The molecule has 0 aliphatic heterocycles. The van der Waals surface area contributed by atoms with Gasteiger partial charge in [0.15, 0.2) is 0 Å². The number of carboxylic acid groups (broad SMARTS) is 1. The number of amides is 1. The highest BCUT2D eigenvalue weighted by molar-refractivity contribution is 5.96. The summed E-state index contributed by atoms with van der Waals surface area (Å²) >= 11 is 0. The quantitative estimate of drug-likeness (QED) is 0.842. The first kappa shape index (κ1) is 14.9. The number of ether oxygens (including phenoxy) is 1. The lowest BCUT2D eigenvalue weighted by atomic mass is 10.2. The van der Waals surface area contributed by atoms with Crippen molar-refractivity contribution in [2.24, 2.45) is 0 Å². The average Bonchev–Trinajstić information content (AvgIpc) is 2.37. The Labute approximate surface area is 112 Å². The van der Waals surface area contributed by atoms with Crippen LogP contribution in [0.4, 0.5) is 0 Å². The summed E-state index contributed by atoms with van der Waals surface area (Å²) in [6.45, 7) is 3.83. The monoisotopic (exact) mass is 266 g/mol. The van der Waals surface area contributed by atoms with Gasteiger partial charge in [-0.15, -0.1) is 0 Å². The Morgan fingerprint density at radius 1 is 1.47 bits per heavy atom. The van der Waals surface area contributed by atoms with E-state index in [9.17, 15) is 9.59 Å². The minimum absolute atomic E-state index is 0.0908. The van der Waals surface area contributed by atoms with E-state index < -0.39 is 5.97 Å². The lowest BCUT2D eigenvalue weighted by Gasteiger charge is -2.26. The van der Waals surface area contributed by atoms with Crippen molar-refractivity contribution in [2.45, 2.75) is 26.3 Å². The van der Waals surface area contributed by atoms with Gasteiger partial charge < -0.3 is 14.7 Å². The second kappa shape index (κ2) is 6.72. The topological polar surface area (TPSA) is 79.7 Å². The molecule has 0 fully saturated rings. The summed E-state index contributed by atoms with van der Waals surface area (Å²) in [4.78, 5) is 28.5. The van der Waals surface area contributed by atoms with Crippen LogP contribution in [0.5, 0.6) is 5.88 Å². The summed E-state index contributed by atoms with van der Waals surface area (Å²) in [5.74, 6) is -0.966. The summed E-state index contributed by atoms with van der Waals surface area (Å²) in [5.41, 5.74) is 0.337. The van der Waals surface area contributed by atoms with Gasteiger partial charge in [-0.05, 0) is 26.0 Å². The standard InChI is InChI=1S/C13H18N2O4/c1-9(2)15(8-6-11(16)17)13(18)10-5-4-7-14-12(10)19-3/h4-5,7,9H,6,8H2,1-3H3,(H,16,17). The van der Waals surface area contributed by atoms with Gasteiger partial charge in [-0.1, -0.05) is 0 Å². The van der Waals surface area contributed by atoms with Crippen LogP contribution in [0.15, 0.2) is 18.3 Å². The Morgan fingerprint density at radius 2 is 2.16 bits per heavy atom. The minimum atomic E-state index is -0.934. The number of carbonyl (C=O) groups is 2. The fourth-order valence-corrected chi connectivity index (χ4v) is 1.68. The van der Waals surface area contributed by atoms with Gasteiger partial charge in [0.05, 0.1) is 13.5 Å². The highest BCUT2D eigenvalue weighted by Gasteiger charge is 2.22. The van der Waals surface area contributed by atoms with Crippen LogP contribution in [0.3, 0.4) is 0 Å². The van der Waals surface area contributed by atoms with E-state index >= 15 is 0 Å². The molecular formula is C13H18N2O4. The number of aromatic nitrogens is 1. The number of nitrogens with zero attached hydrogens (tertiary/aromatic N) is 2. The van der Waals surface area contributed by atoms with Gasteiger partial charge in [0.1, 0.15) is 5.56 Å². The number of rotatable bonds is 6. The zero-order valence-electron chi connectivity index (χ0n) is 11.3. The first-order valence-electron chi connectivity index (χ1n) is 5.99. The number of hydrogen-bond donors (Lipinski definition) is 1. The van der Waals surface area contributed by atoms with Crippen LogP contribution in [0.2, 0.25) is 0 Å². The van der Waals surface area contributed by atoms with E-state index in [1.165, 1.54) is 18.2 Å². The molecule has 0 saturated carbocycles. The summed E-state index contributed by atoms with van der Waals surface area (Å²) in [6, 6.07) is 3.16. The van der Waals surface area contributed by atoms with Crippen LogP contribution >= 0.6 is 0 Å². The molecule has 0 radical (unpaired) electrons. The summed E-state index contributed by atoms with van der Waals surface area (Å²) < 4.78 is 5.05. The van der Waals surface area contributed by atoms with Crippen LogP contribution in [0.25, 0.3) is 0 Å². The number of carboxylic acids is 1. The Morgan fingerprint density at radius 3 is 2.68 bits per heavy atom. The van der Waals surface area contributed by atoms with Crippen molar-refractivity contribution in [2.75, 3.05) is 13.7 Å². The van der Waals surface area contributed by atoms with Crippen LogP contribution in [0, 0.1) is 0 Å². The second-order valence-electron chi connectivity index (χ2n) is 4.30. The van der Waals surface area contributed by atoms with Crippen molar-refractivity contribution >= 4 is 11.9 Å². The van der Waals surface area contributed by atoms with Gasteiger partial charge in [0, 0.05) is 18.8 Å². The van der Waals surface area contributed by atoms with Crippen LogP contribution in [-0.4, -0.2) is 46.6 Å². The Balaban J connectivity index is 2.95. The van der Waals surface area contributed by atoms with E-state index in [2.05, 4.69) is 4.98 Å². The predicted octanol–water partition coefficient (Wildman–Crippen LogP) is 1.42. The zero-order chi connectivity index (χ0) is 14.4. The molecule has 6 heteroatoms. The Kier molecular flexibility index (Phi) is 5.29. The van der Waals surface area contributed by atoms with E-state index in [0.29, 0.717) is 5.56 Å². The first-order chi connectivity index (χ1) is 8.97. The molecule has 1 rings (SSSR count). The lowest BCUT2D eigenvalue weighted by Crippen LogP contribution is -2.38. The molecule has 1 amide bonds. The third-order valence-electron chi connectivity index (χ3n) is 2.65. The van der Waals surface area contributed by atoms with E-state index in [1.54, 1.807) is 12.1 Å². The Bertz CT molecular complexity index is 460. The van der Waals surface area contributed by atoms with E-state index in [0.717, 1.165) is 0 Å². The van der Waals surface area contributed by atoms with Crippen molar-refractivity contribution < 1.29 is 19.4 Å². The fraction of sp³-hybridized carbons (Fsp3) is 0.462. The highest BCUT2D eigenvalue weighted by atomic mass is 16.5. The van der Waals surface area contributed by atoms with Crippen molar-refractivity contribution in [3.8, 4) is 5.88 Å². The van der Waals surface area contributed by atoms with Crippen molar-refractivity contribution in [3.63, 3.8) is 0 Å². The molecule has 0 spiro atoms. The largest absolute Gasteiger partial charge is 0.481 e. The maximum atomic E-state index is 12.4. The maximum Gasteiger partial charge on any atom is 0.305 e. The normalized spacial score (nSPS) is 10.3. The maximum absolute atomic E-state index is 12.4. The Hall–Kier alpha value is -2.11. The van der Waals surface area contributed by atoms with Gasteiger partial charge >= 0.3 is 5.97 Å². The second-order valence-corrected chi connectivity index (χ2v) is 4.30.